The summed E-state index contributed by atoms with van der Waals surface area (Å²) < 4.78 is 0.753. The average molecular weight is 274 g/mol. The van der Waals surface area contributed by atoms with Gasteiger partial charge in [0, 0.05) is 6.04 Å². The number of thiophene rings is 1. The van der Waals surface area contributed by atoms with Crippen LogP contribution < -0.4 is 0 Å². The lowest BCUT2D eigenvalue weighted by molar-refractivity contribution is -0.149. The van der Waals surface area contributed by atoms with Gasteiger partial charge in [-0.25, -0.2) is 0 Å². The van der Waals surface area contributed by atoms with Crippen molar-refractivity contribution in [3.05, 3.63) is 21.3 Å². The molecule has 0 aliphatic carbocycles. The van der Waals surface area contributed by atoms with Gasteiger partial charge in [-0.05, 0) is 50.2 Å². The minimum absolute atomic E-state index is 0.0994. The van der Waals surface area contributed by atoms with Crippen LogP contribution in [0, 0.1) is 0 Å². The smallest absolute Gasteiger partial charge is 0.323 e. The Labute approximate surface area is 110 Å². The normalized spacial score (nSPS) is 27.2. The van der Waals surface area contributed by atoms with E-state index in [1.807, 2.05) is 25.3 Å². The number of hydrogen-bond donors (Lipinski definition) is 1. The summed E-state index contributed by atoms with van der Waals surface area (Å²) in [6, 6.07) is 2.03. The van der Waals surface area contributed by atoms with Crippen LogP contribution in [0.3, 0.4) is 0 Å². The molecule has 0 aromatic carbocycles. The molecular weight excluding hydrogens is 258 g/mol. The molecule has 0 amide bonds. The largest absolute Gasteiger partial charge is 0.480 e. The van der Waals surface area contributed by atoms with Crippen molar-refractivity contribution in [2.75, 3.05) is 6.54 Å². The van der Waals surface area contributed by atoms with Crippen molar-refractivity contribution in [3.63, 3.8) is 0 Å². The van der Waals surface area contributed by atoms with Crippen molar-refractivity contribution in [2.24, 2.45) is 0 Å². The van der Waals surface area contributed by atoms with E-state index in [0.717, 1.165) is 22.9 Å². The van der Waals surface area contributed by atoms with Crippen LogP contribution in [0.15, 0.2) is 11.4 Å². The molecule has 94 valence electrons. The summed E-state index contributed by atoms with van der Waals surface area (Å²) >= 11 is 7.42. The first-order valence-electron chi connectivity index (χ1n) is 5.69. The summed E-state index contributed by atoms with van der Waals surface area (Å²) in [5.41, 5.74) is 0.364. The van der Waals surface area contributed by atoms with Crippen molar-refractivity contribution in [1.82, 2.24) is 4.90 Å². The fourth-order valence-electron chi connectivity index (χ4n) is 2.56. The monoisotopic (exact) mass is 273 g/mol. The van der Waals surface area contributed by atoms with Crippen molar-refractivity contribution < 1.29 is 9.90 Å². The minimum Gasteiger partial charge on any atom is -0.480 e. The molecule has 5 heteroatoms. The molecule has 1 saturated heterocycles. The van der Waals surface area contributed by atoms with E-state index in [2.05, 4.69) is 4.90 Å². The number of carboxylic acids is 1. The Bertz CT molecular complexity index is 434. The number of nitrogens with zero attached hydrogens (tertiary/aromatic N) is 1. The Balaban J connectivity index is 2.25. The van der Waals surface area contributed by atoms with Crippen molar-refractivity contribution in [3.8, 4) is 0 Å². The average Bonchev–Trinajstić information content (AvgIpc) is 2.85. The predicted molar refractivity (Wildman–Crippen MR) is 69.7 cm³/mol. The molecule has 2 rings (SSSR count). The second kappa shape index (κ2) is 4.59. The molecular formula is C12H16ClNO2S. The predicted octanol–water partition coefficient (Wildman–Crippen LogP) is 3.40. The summed E-state index contributed by atoms with van der Waals surface area (Å²) in [5.74, 6) is -0.733. The van der Waals surface area contributed by atoms with Gasteiger partial charge in [-0.2, -0.15) is 0 Å². The molecule has 2 unspecified atom stereocenters. The highest BCUT2D eigenvalue weighted by Gasteiger charge is 2.45. The molecule has 1 aromatic rings. The highest BCUT2D eigenvalue weighted by Crippen LogP contribution is 2.38. The van der Waals surface area contributed by atoms with Crippen LogP contribution in [-0.4, -0.2) is 28.1 Å². The molecule has 3 nitrogen and oxygen atoms in total. The van der Waals surface area contributed by atoms with E-state index in [1.54, 1.807) is 0 Å². The van der Waals surface area contributed by atoms with Gasteiger partial charge in [0.25, 0.3) is 0 Å². The van der Waals surface area contributed by atoms with Gasteiger partial charge < -0.3 is 5.11 Å². The van der Waals surface area contributed by atoms with Gasteiger partial charge in [-0.3, -0.25) is 9.69 Å². The van der Waals surface area contributed by atoms with Gasteiger partial charge in [0.15, 0.2) is 0 Å². The van der Waals surface area contributed by atoms with Gasteiger partial charge in [-0.1, -0.05) is 11.6 Å². The molecule has 1 fully saturated rings. The highest BCUT2D eigenvalue weighted by atomic mass is 35.5. The van der Waals surface area contributed by atoms with Gasteiger partial charge in [0.05, 0.1) is 4.34 Å². The summed E-state index contributed by atoms with van der Waals surface area (Å²) in [7, 11) is 0. The fraction of sp³-hybridized carbons (Fsp3) is 0.583. The third-order valence-electron chi connectivity index (χ3n) is 3.69. The Morgan fingerprint density at radius 2 is 2.41 bits per heavy atom. The Hall–Kier alpha value is -0.580. The van der Waals surface area contributed by atoms with E-state index < -0.39 is 11.5 Å². The molecule has 1 N–H and O–H groups in total. The van der Waals surface area contributed by atoms with Gasteiger partial charge >= 0.3 is 5.97 Å². The van der Waals surface area contributed by atoms with E-state index in [4.69, 9.17) is 11.6 Å². The fourth-order valence-corrected chi connectivity index (χ4v) is 3.53. The summed E-state index contributed by atoms with van der Waals surface area (Å²) in [4.78, 5) is 13.5. The number of aliphatic carboxylic acids is 1. The summed E-state index contributed by atoms with van der Waals surface area (Å²) in [5, 5.41) is 11.4. The molecule has 0 radical (unpaired) electrons. The Kier molecular flexibility index (Phi) is 3.48. The molecule has 0 saturated carbocycles. The number of hydrogen-bond acceptors (Lipinski definition) is 3. The number of rotatable bonds is 3. The molecule has 1 aliphatic rings. The van der Waals surface area contributed by atoms with Crippen molar-refractivity contribution in [2.45, 2.75) is 38.3 Å². The maximum atomic E-state index is 11.4. The first kappa shape index (κ1) is 12.9. The van der Waals surface area contributed by atoms with Crippen LogP contribution >= 0.6 is 22.9 Å². The van der Waals surface area contributed by atoms with Gasteiger partial charge in [0.1, 0.15) is 5.54 Å². The lowest BCUT2D eigenvalue weighted by Crippen LogP contribution is -2.48. The highest BCUT2D eigenvalue weighted by molar-refractivity contribution is 7.14. The van der Waals surface area contributed by atoms with E-state index in [1.165, 1.54) is 11.3 Å². The van der Waals surface area contributed by atoms with Gasteiger partial charge in [-0.15, -0.1) is 11.3 Å². The molecule has 2 heterocycles. The quantitative estimate of drug-likeness (QED) is 0.918. The van der Waals surface area contributed by atoms with E-state index in [0.29, 0.717) is 6.42 Å². The first-order chi connectivity index (χ1) is 7.95. The van der Waals surface area contributed by atoms with Crippen LogP contribution in [-0.2, 0) is 4.79 Å². The summed E-state index contributed by atoms with van der Waals surface area (Å²) in [6.45, 7) is 4.69. The third kappa shape index (κ3) is 2.21. The number of halogens is 1. The van der Waals surface area contributed by atoms with Crippen molar-refractivity contribution >= 4 is 28.9 Å². The van der Waals surface area contributed by atoms with Crippen LogP contribution in [0.2, 0.25) is 4.34 Å². The Morgan fingerprint density at radius 3 is 2.94 bits per heavy atom. The lowest BCUT2D eigenvalue weighted by atomic mass is 9.97. The maximum absolute atomic E-state index is 11.4. The van der Waals surface area contributed by atoms with E-state index in [-0.39, 0.29) is 6.04 Å². The molecule has 2 atom stereocenters. The minimum atomic E-state index is -0.742. The first-order valence-corrected chi connectivity index (χ1v) is 6.95. The molecule has 17 heavy (non-hydrogen) atoms. The third-order valence-corrected chi connectivity index (χ3v) is 4.80. The maximum Gasteiger partial charge on any atom is 0.323 e. The van der Waals surface area contributed by atoms with Crippen LogP contribution in [0.4, 0.5) is 0 Å². The zero-order chi connectivity index (χ0) is 12.6. The second-order valence-corrected chi connectivity index (χ2v) is 6.28. The molecule has 1 aliphatic heterocycles. The standard InChI is InChI=1S/C12H16ClNO2S/c1-8(9-6-10(13)17-7-9)14-5-3-4-12(14,2)11(15)16/h6-8H,3-5H2,1-2H3,(H,15,16). The van der Waals surface area contributed by atoms with Crippen molar-refractivity contribution in [1.29, 1.82) is 0 Å². The molecule has 0 bridgehead atoms. The van der Waals surface area contributed by atoms with Crippen LogP contribution in [0.1, 0.15) is 38.3 Å². The topological polar surface area (TPSA) is 40.5 Å². The number of carbonyl (C=O) groups is 1. The SMILES string of the molecule is CC(c1csc(Cl)c1)N1CCCC1(C)C(=O)O. The van der Waals surface area contributed by atoms with E-state index in [9.17, 15) is 9.90 Å². The summed E-state index contributed by atoms with van der Waals surface area (Å²) in [6.07, 6.45) is 1.65. The zero-order valence-electron chi connectivity index (χ0n) is 9.94. The van der Waals surface area contributed by atoms with Crippen LogP contribution in [0.25, 0.3) is 0 Å². The molecule has 0 spiro atoms. The number of carboxylic acid groups (broad SMARTS) is 1. The van der Waals surface area contributed by atoms with Gasteiger partial charge in [0.2, 0.25) is 0 Å². The lowest BCUT2D eigenvalue weighted by Gasteiger charge is -2.35. The molecule has 1 aromatic heterocycles. The Morgan fingerprint density at radius 1 is 1.71 bits per heavy atom. The zero-order valence-corrected chi connectivity index (χ0v) is 11.5. The number of likely N-dealkylation sites (tertiary alicyclic amines) is 1. The van der Waals surface area contributed by atoms with E-state index >= 15 is 0 Å². The second-order valence-electron chi connectivity index (χ2n) is 4.74. The van der Waals surface area contributed by atoms with Crippen LogP contribution in [0.5, 0.6) is 0 Å².